The Hall–Kier alpha value is -1.09. The van der Waals surface area contributed by atoms with Gasteiger partial charge in [-0.2, -0.15) is 0 Å². The Kier molecular flexibility index (Phi) is 24.0. The first-order chi connectivity index (χ1) is 11.8. The van der Waals surface area contributed by atoms with Crippen LogP contribution in [0.15, 0.2) is 72.9 Å². The molecule has 0 heterocycles. The summed E-state index contributed by atoms with van der Waals surface area (Å²) in [5.41, 5.74) is 0. The van der Waals surface area contributed by atoms with Crippen LogP contribution in [0.2, 0.25) is 0 Å². The van der Waals surface area contributed by atoms with Crippen molar-refractivity contribution in [3.05, 3.63) is 72.9 Å². The molecule has 0 aliphatic carbocycles. The first-order valence-corrected chi connectivity index (χ1v) is 8.89. The van der Waals surface area contributed by atoms with Gasteiger partial charge in [-0.05, 0) is 44.9 Å². The summed E-state index contributed by atoms with van der Waals surface area (Å²) < 4.78 is 0. The minimum atomic E-state index is -0.741. The molecule has 1 N–H and O–H groups in total. The van der Waals surface area contributed by atoms with Crippen molar-refractivity contribution in [2.75, 3.05) is 0 Å². The van der Waals surface area contributed by atoms with E-state index < -0.39 is 5.97 Å². The number of carboxylic acids is 1. The Morgan fingerprint density at radius 1 is 0.640 bits per heavy atom. The van der Waals surface area contributed by atoms with E-state index in [-0.39, 0.29) is 36.0 Å². The average Bonchev–Trinajstić information content (AvgIpc) is 2.56. The zero-order valence-corrected chi connectivity index (χ0v) is 17.9. The Morgan fingerprint density at radius 3 is 1.28 bits per heavy atom. The quantitative estimate of drug-likeness (QED) is 0.300. The van der Waals surface area contributed by atoms with Crippen molar-refractivity contribution >= 4 is 35.5 Å². The summed E-state index contributed by atoms with van der Waals surface area (Å²) in [5, 5.41) is 8.49. The molecule has 0 aromatic rings. The molecule has 0 atom stereocenters. The van der Waals surface area contributed by atoms with Gasteiger partial charge in [-0.3, -0.25) is 4.79 Å². The van der Waals surface area contributed by atoms with E-state index in [0.717, 1.165) is 38.5 Å². The first kappa shape index (κ1) is 26.1. The third kappa shape index (κ3) is 25.3. The van der Waals surface area contributed by atoms with E-state index in [9.17, 15) is 4.79 Å². The fourth-order valence-corrected chi connectivity index (χ4v) is 1.85. The molecule has 0 saturated heterocycles. The predicted octanol–water partition coefficient (Wildman–Crippen LogP) is 6.17. The molecule has 0 spiro atoms. The third-order valence-corrected chi connectivity index (χ3v) is 3.12. The number of hydrogen-bond acceptors (Lipinski definition) is 1. The van der Waals surface area contributed by atoms with Crippen molar-refractivity contribution < 1.29 is 9.90 Å². The average molecular weight is 351 g/mol. The molecule has 0 amide bonds. The van der Waals surface area contributed by atoms with Crippen LogP contribution < -0.4 is 0 Å². The molecule has 0 rings (SSSR count). The van der Waals surface area contributed by atoms with E-state index >= 15 is 0 Å². The van der Waals surface area contributed by atoms with E-state index in [1.165, 1.54) is 0 Å². The summed E-state index contributed by atoms with van der Waals surface area (Å²) in [4.78, 5) is 10.3. The fourth-order valence-electron chi connectivity index (χ4n) is 1.85. The van der Waals surface area contributed by atoms with Crippen LogP contribution in [0.1, 0.15) is 58.3 Å². The van der Waals surface area contributed by atoms with Gasteiger partial charge in [0.2, 0.25) is 0 Å². The van der Waals surface area contributed by atoms with E-state index in [0.29, 0.717) is 6.42 Å². The monoisotopic (exact) mass is 351 g/mol. The molecule has 1 radical (unpaired) electrons. The molecule has 0 unspecified atom stereocenters. The molecule has 0 aliphatic rings. The Morgan fingerprint density at radius 2 is 0.960 bits per heavy atom. The van der Waals surface area contributed by atoms with Gasteiger partial charge in [0, 0.05) is 36.0 Å². The van der Waals surface area contributed by atoms with Crippen molar-refractivity contribution in [2.45, 2.75) is 58.3 Å². The summed E-state index contributed by atoms with van der Waals surface area (Å²) in [6.07, 6.45) is 32.5. The van der Waals surface area contributed by atoms with Crippen LogP contribution in [-0.4, -0.2) is 40.6 Å². The summed E-state index contributed by atoms with van der Waals surface area (Å²) in [6.45, 7) is 2.15. The molecule has 2 nitrogen and oxygen atoms in total. The van der Waals surface area contributed by atoms with Crippen molar-refractivity contribution in [1.82, 2.24) is 0 Å². The standard InChI is InChI=1S/C22H32O2.Na/c1-2-3-4-5-6-7-8-9-10-11-12-13-14-15-16-17-18-19-20-21-22(23)24;/h3-4,6-7,9-10,12-13,15-16,18-19H,2,5,8,11,14,17,20-21H2,1H3,(H,23,24);/b4-3-,7-6-,10-9+,13-12+,16-15+,19-18+;. The molecular formula is C22H32NaO2. The molecule has 25 heavy (non-hydrogen) atoms. The first-order valence-electron chi connectivity index (χ1n) is 8.89. The number of hydrogen-bond donors (Lipinski definition) is 1. The van der Waals surface area contributed by atoms with E-state index in [1.807, 2.05) is 12.2 Å². The van der Waals surface area contributed by atoms with Crippen LogP contribution in [0, 0.1) is 0 Å². The van der Waals surface area contributed by atoms with Crippen molar-refractivity contribution in [1.29, 1.82) is 0 Å². The van der Waals surface area contributed by atoms with Crippen LogP contribution in [-0.2, 0) is 4.79 Å². The molecule has 133 valence electrons. The van der Waals surface area contributed by atoms with Crippen LogP contribution in [0.25, 0.3) is 0 Å². The van der Waals surface area contributed by atoms with Gasteiger partial charge in [0.05, 0.1) is 0 Å². The van der Waals surface area contributed by atoms with Gasteiger partial charge in [-0.1, -0.05) is 79.8 Å². The molecule has 0 aromatic heterocycles. The number of carboxylic acid groups (broad SMARTS) is 1. The zero-order chi connectivity index (χ0) is 17.7. The van der Waals surface area contributed by atoms with E-state index in [2.05, 4.69) is 67.7 Å². The van der Waals surface area contributed by atoms with Gasteiger partial charge in [0.15, 0.2) is 0 Å². The van der Waals surface area contributed by atoms with Crippen LogP contribution >= 0.6 is 0 Å². The van der Waals surface area contributed by atoms with Gasteiger partial charge in [0.25, 0.3) is 0 Å². The maximum atomic E-state index is 10.3. The number of aliphatic carboxylic acids is 1. The Bertz CT molecular complexity index is 468. The van der Waals surface area contributed by atoms with Crippen LogP contribution in [0.3, 0.4) is 0 Å². The van der Waals surface area contributed by atoms with Gasteiger partial charge in [-0.15, -0.1) is 0 Å². The SMILES string of the molecule is CC/C=C\C/C=C\C/C=C/C/C=C/C/C=C/C/C=C/CCC(=O)O.[Na]. The molecule has 3 heteroatoms. The van der Waals surface area contributed by atoms with E-state index in [1.54, 1.807) is 0 Å². The maximum absolute atomic E-state index is 10.3. The minimum absolute atomic E-state index is 0. The Labute approximate surface area is 176 Å². The van der Waals surface area contributed by atoms with Crippen LogP contribution in [0.5, 0.6) is 0 Å². The summed E-state index contributed by atoms with van der Waals surface area (Å²) in [6, 6.07) is 0. The van der Waals surface area contributed by atoms with Gasteiger partial charge >= 0.3 is 5.97 Å². The van der Waals surface area contributed by atoms with Gasteiger partial charge in [-0.25, -0.2) is 0 Å². The minimum Gasteiger partial charge on any atom is -0.481 e. The maximum Gasteiger partial charge on any atom is 0.303 e. The molecule has 0 aromatic carbocycles. The Balaban J connectivity index is 0. The summed E-state index contributed by atoms with van der Waals surface area (Å²) >= 11 is 0. The zero-order valence-electron chi connectivity index (χ0n) is 15.9. The molecule has 0 bridgehead atoms. The molecular weight excluding hydrogens is 319 g/mol. The van der Waals surface area contributed by atoms with Crippen molar-refractivity contribution in [3.8, 4) is 0 Å². The smallest absolute Gasteiger partial charge is 0.303 e. The largest absolute Gasteiger partial charge is 0.481 e. The second kappa shape index (κ2) is 22.9. The second-order valence-electron chi connectivity index (χ2n) is 5.35. The van der Waals surface area contributed by atoms with Crippen molar-refractivity contribution in [3.63, 3.8) is 0 Å². The normalized spacial score (nSPS) is 12.5. The predicted molar refractivity (Wildman–Crippen MR) is 111 cm³/mol. The van der Waals surface area contributed by atoms with Crippen LogP contribution in [0.4, 0.5) is 0 Å². The fraction of sp³-hybridized carbons (Fsp3) is 0.409. The number of allylic oxidation sites excluding steroid dienone is 12. The van der Waals surface area contributed by atoms with Crippen molar-refractivity contribution in [2.24, 2.45) is 0 Å². The van der Waals surface area contributed by atoms with Gasteiger partial charge in [0.1, 0.15) is 0 Å². The molecule has 0 saturated carbocycles. The summed E-state index contributed by atoms with van der Waals surface area (Å²) in [5.74, 6) is -0.741. The number of rotatable bonds is 14. The third-order valence-electron chi connectivity index (χ3n) is 3.12. The van der Waals surface area contributed by atoms with E-state index in [4.69, 9.17) is 5.11 Å². The molecule has 0 fully saturated rings. The second-order valence-corrected chi connectivity index (χ2v) is 5.35. The molecule has 0 aliphatic heterocycles. The van der Waals surface area contributed by atoms with Gasteiger partial charge < -0.3 is 5.11 Å². The number of carbonyl (C=O) groups is 1. The topological polar surface area (TPSA) is 37.3 Å². The summed E-state index contributed by atoms with van der Waals surface area (Å²) in [7, 11) is 0.